The number of rotatable bonds is 10. The van der Waals surface area contributed by atoms with Gasteiger partial charge in [-0.3, -0.25) is 0 Å². The van der Waals surface area contributed by atoms with Crippen molar-refractivity contribution in [2.75, 3.05) is 13.7 Å². The minimum atomic E-state index is -2.00. The van der Waals surface area contributed by atoms with E-state index in [-0.39, 0.29) is 11.0 Å². The van der Waals surface area contributed by atoms with Crippen LogP contribution in [-0.4, -0.2) is 22.0 Å². The first-order chi connectivity index (χ1) is 15.9. The molecular formula is C29H42O4Si. The number of aryl methyl sites for hydroxylation is 1. The number of methoxy groups -OCH3 is 1. The SMILES string of the molecule is COc1c(O[Si](C)(C)C(C)(C)C)cc2cc([C@@H](C)C[C@H](C)COCc3ccccc3)oc2c1C. The Morgan fingerprint density at radius 1 is 1.03 bits per heavy atom. The molecule has 1 heterocycles. The smallest absolute Gasteiger partial charge is 0.250 e. The first-order valence-electron chi connectivity index (χ1n) is 12.3. The zero-order valence-electron chi connectivity index (χ0n) is 22.5. The minimum absolute atomic E-state index is 0.107. The van der Waals surface area contributed by atoms with E-state index in [0.29, 0.717) is 12.5 Å². The van der Waals surface area contributed by atoms with Crippen LogP contribution in [0.2, 0.25) is 18.1 Å². The molecule has 0 aliphatic heterocycles. The first kappa shape index (κ1) is 26.4. The number of fused-ring (bicyclic) bond motifs is 1. The summed E-state index contributed by atoms with van der Waals surface area (Å²) in [5.41, 5.74) is 3.08. The van der Waals surface area contributed by atoms with Gasteiger partial charge in [-0.1, -0.05) is 65.0 Å². The van der Waals surface area contributed by atoms with Gasteiger partial charge in [-0.05, 0) is 55.1 Å². The summed E-state index contributed by atoms with van der Waals surface area (Å²) < 4.78 is 24.7. The Kier molecular flexibility index (Phi) is 8.20. The Bertz CT molecular complexity index is 1080. The van der Waals surface area contributed by atoms with E-state index in [2.05, 4.69) is 78.9 Å². The van der Waals surface area contributed by atoms with E-state index >= 15 is 0 Å². The van der Waals surface area contributed by atoms with Crippen molar-refractivity contribution in [2.45, 2.75) is 78.6 Å². The second kappa shape index (κ2) is 10.6. The standard InChI is InChI=1S/C29H42O4Si/c1-20(18-31-19-23-13-11-10-12-14-23)15-21(2)25-16-24-17-26(33-34(8,9)29(4,5)6)28(30-7)22(3)27(24)32-25/h10-14,16-17,20-21H,15,18-19H2,1-9H3/t20-,21-/m0/s1. The lowest BCUT2D eigenvalue weighted by Crippen LogP contribution is -2.43. The number of furan rings is 1. The molecule has 3 rings (SSSR count). The first-order valence-corrected chi connectivity index (χ1v) is 15.3. The van der Waals surface area contributed by atoms with Crippen molar-refractivity contribution in [3.05, 3.63) is 59.4 Å². The van der Waals surface area contributed by atoms with E-state index in [0.717, 1.165) is 46.8 Å². The number of ether oxygens (including phenoxy) is 2. The Hall–Kier alpha value is -2.24. The zero-order chi connectivity index (χ0) is 25.1. The molecule has 0 spiro atoms. The number of hydrogen-bond acceptors (Lipinski definition) is 4. The van der Waals surface area contributed by atoms with Crippen LogP contribution in [0.5, 0.6) is 11.5 Å². The third-order valence-corrected chi connectivity index (χ3v) is 11.4. The summed E-state index contributed by atoms with van der Waals surface area (Å²) in [6.45, 7) is 19.2. The second-order valence-electron chi connectivity index (χ2n) is 11.2. The molecule has 0 aliphatic carbocycles. The third kappa shape index (κ3) is 6.05. The molecule has 0 unspecified atom stereocenters. The molecule has 0 N–H and O–H groups in total. The fourth-order valence-electron chi connectivity index (χ4n) is 4.06. The quantitative estimate of drug-likeness (QED) is 0.272. The minimum Gasteiger partial charge on any atom is -0.541 e. The average Bonchev–Trinajstić information content (AvgIpc) is 3.18. The molecule has 34 heavy (non-hydrogen) atoms. The topological polar surface area (TPSA) is 40.8 Å². The molecule has 0 saturated heterocycles. The summed E-state index contributed by atoms with van der Waals surface area (Å²) >= 11 is 0. The lowest BCUT2D eigenvalue weighted by molar-refractivity contribution is 0.0871. The molecule has 0 fully saturated rings. The van der Waals surface area contributed by atoms with E-state index in [1.165, 1.54) is 5.56 Å². The van der Waals surface area contributed by atoms with E-state index in [1.807, 2.05) is 18.2 Å². The zero-order valence-corrected chi connectivity index (χ0v) is 23.5. The summed E-state index contributed by atoms with van der Waals surface area (Å²) in [6.07, 6.45) is 0.998. The number of hydrogen-bond donors (Lipinski definition) is 0. The molecule has 3 aromatic rings. The van der Waals surface area contributed by atoms with Crippen LogP contribution >= 0.6 is 0 Å². The maximum Gasteiger partial charge on any atom is 0.250 e. The van der Waals surface area contributed by atoms with Gasteiger partial charge in [0.25, 0.3) is 8.32 Å². The van der Waals surface area contributed by atoms with Gasteiger partial charge < -0.3 is 18.3 Å². The van der Waals surface area contributed by atoms with E-state index < -0.39 is 8.32 Å². The summed E-state index contributed by atoms with van der Waals surface area (Å²) in [7, 11) is -0.298. The maximum absolute atomic E-state index is 6.65. The predicted molar refractivity (Wildman–Crippen MR) is 144 cm³/mol. The molecule has 2 aromatic carbocycles. The highest BCUT2D eigenvalue weighted by molar-refractivity contribution is 6.74. The van der Waals surface area contributed by atoms with Crippen LogP contribution in [0.3, 0.4) is 0 Å². The van der Waals surface area contributed by atoms with Gasteiger partial charge in [-0.25, -0.2) is 0 Å². The molecule has 186 valence electrons. The van der Waals surface area contributed by atoms with Gasteiger partial charge in [0.05, 0.1) is 13.7 Å². The summed E-state index contributed by atoms with van der Waals surface area (Å²) in [5, 5.41) is 1.18. The van der Waals surface area contributed by atoms with Gasteiger partial charge in [0.1, 0.15) is 17.1 Å². The predicted octanol–water partition coefficient (Wildman–Crippen LogP) is 8.48. The fraction of sp³-hybridized carbons (Fsp3) is 0.517. The van der Waals surface area contributed by atoms with Crippen molar-refractivity contribution in [3.63, 3.8) is 0 Å². The Labute approximate surface area is 206 Å². The fourth-order valence-corrected chi connectivity index (χ4v) is 5.07. The highest BCUT2D eigenvalue weighted by Crippen LogP contribution is 2.44. The Morgan fingerprint density at radius 3 is 2.32 bits per heavy atom. The van der Waals surface area contributed by atoms with Gasteiger partial charge in [0.15, 0.2) is 5.75 Å². The summed E-state index contributed by atoms with van der Waals surface area (Å²) in [6, 6.07) is 14.6. The van der Waals surface area contributed by atoms with Crippen molar-refractivity contribution >= 4 is 19.3 Å². The van der Waals surface area contributed by atoms with Crippen LogP contribution in [0.15, 0.2) is 46.9 Å². The Balaban J connectivity index is 1.74. The van der Waals surface area contributed by atoms with Crippen molar-refractivity contribution in [1.29, 1.82) is 0 Å². The number of benzene rings is 2. The van der Waals surface area contributed by atoms with Crippen LogP contribution in [-0.2, 0) is 11.3 Å². The molecule has 0 saturated carbocycles. The van der Waals surface area contributed by atoms with Crippen molar-refractivity contribution in [3.8, 4) is 11.5 Å². The largest absolute Gasteiger partial charge is 0.541 e. The van der Waals surface area contributed by atoms with E-state index in [1.54, 1.807) is 7.11 Å². The molecular weight excluding hydrogens is 440 g/mol. The molecule has 2 atom stereocenters. The lowest BCUT2D eigenvalue weighted by atomic mass is 9.96. The maximum atomic E-state index is 6.65. The molecule has 1 aromatic heterocycles. The van der Waals surface area contributed by atoms with Crippen LogP contribution in [0.1, 0.15) is 63.8 Å². The molecule has 0 amide bonds. The normalized spacial score (nSPS) is 14.3. The third-order valence-electron chi connectivity index (χ3n) is 7.10. The highest BCUT2D eigenvalue weighted by Gasteiger charge is 2.40. The van der Waals surface area contributed by atoms with Crippen molar-refractivity contribution in [2.24, 2.45) is 5.92 Å². The van der Waals surface area contributed by atoms with Gasteiger partial charge in [-0.15, -0.1) is 0 Å². The molecule has 5 heteroatoms. The van der Waals surface area contributed by atoms with E-state index in [9.17, 15) is 0 Å². The van der Waals surface area contributed by atoms with Crippen LogP contribution in [0, 0.1) is 12.8 Å². The highest BCUT2D eigenvalue weighted by atomic mass is 28.4. The molecule has 0 bridgehead atoms. The molecule has 4 nitrogen and oxygen atoms in total. The van der Waals surface area contributed by atoms with Crippen molar-refractivity contribution in [1.82, 2.24) is 0 Å². The monoisotopic (exact) mass is 482 g/mol. The summed E-state index contributed by atoms with van der Waals surface area (Å²) in [5.74, 6) is 3.31. The summed E-state index contributed by atoms with van der Waals surface area (Å²) in [4.78, 5) is 0. The van der Waals surface area contributed by atoms with Gasteiger partial charge >= 0.3 is 0 Å². The van der Waals surface area contributed by atoms with Crippen LogP contribution < -0.4 is 9.16 Å². The van der Waals surface area contributed by atoms with E-state index in [4.69, 9.17) is 18.3 Å². The average molecular weight is 483 g/mol. The molecule has 0 radical (unpaired) electrons. The van der Waals surface area contributed by atoms with Gasteiger partial charge in [-0.2, -0.15) is 0 Å². The van der Waals surface area contributed by atoms with Crippen molar-refractivity contribution < 1.29 is 18.3 Å². The lowest BCUT2D eigenvalue weighted by Gasteiger charge is -2.37. The van der Waals surface area contributed by atoms with Crippen LogP contribution in [0.25, 0.3) is 11.0 Å². The molecule has 0 aliphatic rings. The van der Waals surface area contributed by atoms with Gasteiger partial charge in [0.2, 0.25) is 0 Å². The van der Waals surface area contributed by atoms with Crippen LogP contribution in [0.4, 0.5) is 0 Å². The Morgan fingerprint density at radius 2 is 1.71 bits per heavy atom. The second-order valence-corrected chi connectivity index (χ2v) is 15.9. The van der Waals surface area contributed by atoms with Gasteiger partial charge in [0, 0.05) is 23.5 Å².